The molecule has 7 heteroatoms. The second-order valence-electron chi connectivity index (χ2n) is 5.05. The Morgan fingerprint density at radius 3 is 2.60 bits per heavy atom. The number of nitrogens with one attached hydrogen (secondary N) is 2. The van der Waals surface area contributed by atoms with Crippen LogP contribution in [0.25, 0.3) is 0 Å². The molecule has 1 heterocycles. The number of urea groups is 1. The minimum absolute atomic E-state index is 0.0758. The number of hydrogen-bond acceptors (Lipinski definition) is 4. The van der Waals surface area contributed by atoms with Crippen molar-refractivity contribution in [3.05, 3.63) is 17.0 Å². The van der Waals surface area contributed by atoms with E-state index in [0.29, 0.717) is 5.00 Å². The van der Waals surface area contributed by atoms with Crippen molar-refractivity contribution in [3.8, 4) is 0 Å². The van der Waals surface area contributed by atoms with Crippen LogP contribution < -0.4 is 10.6 Å². The largest absolute Gasteiger partial charge is 0.478 e. The van der Waals surface area contributed by atoms with Gasteiger partial charge in [0, 0.05) is 0 Å². The molecule has 0 unspecified atom stereocenters. The van der Waals surface area contributed by atoms with Crippen molar-refractivity contribution < 1.29 is 19.8 Å². The normalized spacial score (nSPS) is 17.4. The fourth-order valence-corrected chi connectivity index (χ4v) is 3.28. The maximum absolute atomic E-state index is 12.0. The lowest BCUT2D eigenvalue weighted by Crippen LogP contribution is -2.53. The Morgan fingerprint density at radius 2 is 2.00 bits per heavy atom. The van der Waals surface area contributed by atoms with Crippen LogP contribution in [0.5, 0.6) is 0 Å². The van der Waals surface area contributed by atoms with E-state index in [0.717, 1.165) is 43.4 Å². The molecule has 1 aromatic heterocycles. The Hall–Kier alpha value is -1.60. The van der Waals surface area contributed by atoms with Gasteiger partial charge in [-0.3, -0.25) is 5.32 Å². The first kappa shape index (κ1) is 14.8. The van der Waals surface area contributed by atoms with Crippen molar-refractivity contribution in [1.82, 2.24) is 5.32 Å². The van der Waals surface area contributed by atoms with Crippen molar-refractivity contribution >= 4 is 28.3 Å². The topological polar surface area (TPSA) is 98.7 Å². The number of carboxylic acids is 1. The number of hydrogen-bond donors (Lipinski definition) is 4. The summed E-state index contributed by atoms with van der Waals surface area (Å²) in [6.07, 6.45) is 4.54. The smallest absolute Gasteiger partial charge is 0.338 e. The van der Waals surface area contributed by atoms with Crippen LogP contribution in [-0.4, -0.2) is 34.4 Å². The maximum atomic E-state index is 12.0. The molecule has 0 bridgehead atoms. The van der Waals surface area contributed by atoms with E-state index in [-0.39, 0.29) is 12.2 Å². The number of thiophene rings is 1. The third kappa shape index (κ3) is 3.29. The third-order valence-corrected chi connectivity index (χ3v) is 4.44. The van der Waals surface area contributed by atoms with Crippen molar-refractivity contribution in [2.45, 2.75) is 37.6 Å². The van der Waals surface area contributed by atoms with Crippen LogP contribution in [0.1, 0.15) is 42.5 Å². The maximum Gasteiger partial charge on any atom is 0.338 e. The minimum Gasteiger partial charge on any atom is -0.478 e. The number of carbonyl (C=O) groups is 2. The molecule has 2 amide bonds. The van der Waals surface area contributed by atoms with E-state index in [4.69, 9.17) is 5.11 Å². The summed E-state index contributed by atoms with van der Waals surface area (Å²) in [5, 5.41) is 25.8. The molecule has 1 aliphatic carbocycles. The Kier molecular flexibility index (Phi) is 4.61. The number of amides is 2. The molecule has 0 aromatic carbocycles. The van der Waals surface area contributed by atoms with Gasteiger partial charge < -0.3 is 15.5 Å². The molecule has 4 N–H and O–H groups in total. The summed E-state index contributed by atoms with van der Waals surface area (Å²) in [5.41, 5.74) is -0.505. The van der Waals surface area contributed by atoms with Crippen molar-refractivity contribution in [3.63, 3.8) is 0 Å². The number of carbonyl (C=O) groups excluding carboxylic acids is 1. The van der Waals surface area contributed by atoms with Gasteiger partial charge in [0.1, 0.15) is 5.00 Å². The first-order valence-electron chi connectivity index (χ1n) is 6.57. The Bertz CT molecular complexity index is 494. The van der Waals surface area contributed by atoms with E-state index in [2.05, 4.69) is 10.6 Å². The summed E-state index contributed by atoms with van der Waals surface area (Å²) in [6.45, 7) is -0.101. The molecule has 1 aromatic rings. The Morgan fingerprint density at radius 1 is 1.30 bits per heavy atom. The van der Waals surface area contributed by atoms with Crippen molar-refractivity contribution in [1.29, 1.82) is 0 Å². The van der Waals surface area contributed by atoms with Gasteiger partial charge >= 0.3 is 12.0 Å². The van der Waals surface area contributed by atoms with Crippen LogP contribution in [0, 0.1) is 0 Å². The van der Waals surface area contributed by atoms with Crippen LogP contribution in [0.3, 0.4) is 0 Å². The SMILES string of the molecule is O=C(Nc1sccc1C(=O)O)NC1(CO)CCCCC1. The average Bonchev–Trinajstić information content (AvgIpc) is 2.88. The van der Waals surface area contributed by atoms with Crippen LogP contribution in [0.15, 0.2) is 11.4 Å². The highest BCUT2D eigenvalue weighted by atomic mass is 32.1. The van der Waals surface area contributed by atoms with Gasteiger partial charge in [-0.1, -0.05) is 19.3 Å². The van der Waals surface area contributed by atoms with Crippen molar-refractivity contribution in [2.24, 2.45) is 0 Å². The zero-order chi connectivity index (χ0) is 14.6. The molecular weight excluding hydrogens is 280 g/mol. The monoisotopic (exact) mass is 298 g/mol. The molecule has 20 heavy (non-hydrogen) atoms. The molecule has 6 nitrogen and oxygen atoms in total. The highest BCUT2D eigenvalue weighted by molar-refractivity contribution is 7.14. The number of aliphatic hydroxyl groups is 1. The summed E-state index contributed by atoms with van der Waals surface area (Å²) in [5.74, 6) is -1.07. The number of aromatic carboxylic acids is 1. The van der Waals surface area contributed by atoms with Crippen LogP contribution in [0.4, 0.5) is 9.80 Å². The third-order valence-electron chi connectivity index (χ3n) is 3.61. The van der Waals surface area contributed by atoms with E-state index < -0.39 is 17.5 Å². The fraction of sp³-hybridized carbons (Fsp3) is 0.538. The van der Waals surface area contributed by atoms with Crippen LogP contribution in [0.2, 0.25) is 0 Å². The summed E-state index contributed by atoms with van der Waals surface area (Å²) >= 11 is 1.16. The molecule has 2 rings (SSSR count). The van der Waals surface area contributed by atoms with Gasteiger partial charge in [0.2, 0.25) is 0 Å². The summed E-state index contributed by atoms with van der Waals surface area (Å²) in [7, 11) is 0. The summed E-state index contributed by atoms with van der Waals surface area (Å²) in [4.78, 5) is 23.0. The number of rotatable bonds is 4. The molecule has 110 valence electrons. The quantitative estimate of drug-likeness (QED) is 0.685. The second kappa shape index (κ2) is 6.23. The van der Waals surface area contributed by atoms with Crippen molar-refractivity contribution in [2.75, 3.05) is 11.9 Å². The molecule has 1 saturated carbocycles. The van der Waals surface area contributed by atoms with E-state index in [9.17, 15) is 14.7 Å². The van der Waals surface area contributed by atoms with Gasteiger partial charge in [0.05, 0.1) is 17.7 Å². The van der Waals surface area contributed by atoms with Gasteiger partial charge in [0.15, 0.2) is 0 Å². The first-order chi connectivity index (χ1) is 9.56. The zero-order valence-corrected chi connectivity index (χ0v) is 11.8. The zero-order valence-electron chi connectivity index (χ0n) is 11.0. The molecule has 0 saturated heterocycles. The Labute approximate surface area is 120 Å². The molecule has 0 aliphatic heterocycles. The summed E-state index contributed by atoms with van der Waals surface area (Å²) < 4.78 is 0. The van der Waals surface area contributed by atoms with E-state index in [1.165, 1.54) is 6.07 Å². The van der Waals surface area contributed by atoms with Gasteiger partial charge in [-0.25, -0.2) is 9.59 Å². The standard InChI is InChI=1S/C13H18N2O4S/c16-8-13(5-2-1-3-6-13)15-12(19)14-10-9(11(17)18)4-7-20-10/h4,7,16H,1-3,5-6,8H2,(H,17,18)(H2,14,15,19). The molecule has 1 fully saturated rings. The van der Waals surface area contributed by atoms with Gasteiger partial charge in [-0.2, -0.15) is 0 Å². The number of carboxylic acid groups (broad SMARTS) is 1. The second-order valence-corrected chi connectivity index (χ2v) is 5.96. The molecule has 1 aliphatic rings. The predicted molar refractivity (Wildman–Crippen MR) is 76.3 cm³/mol. The fourth-order valence-electron chi connectivity index (χ4n) is 2.50. The number of anilines is 1. The first-order valence-corrected chi connectivity index (χ1v) is 7.45. The molecule has 0 radical (unpaired) electrons. The van der Waals surface area contributed by atoms with Gasteiger partial charge in [-0.05, 0) is 24.3 Å². The Balaban J connectivity index is 2.01. The van der Waals surface area contributed by atoms with Crippen LogP contribution in [-0.2, 0) is 0 Å². The van der Waals surface area contributed by atoms with Gasteiger partial charge in [0.25, 0.3) is 0 Å². The number of aliphatic hydroxyl groups excluding tert-OH is 1. The molecule has 0 atom stereocenters. The lowest BCUT2D eigenvalue weighted by molar-refractivity contribution is 0.0698. The average molecular weight is 298 g/mol. The highest BCUT2D eigenvalue weighted by Gasteiger charge is 2.33. The summed E-state index contributed by atoms with van der Waals surface area (Å²) in [6, 6.07) is 0.983. The lowest BCUT2D eigenvalue weighted by atomic mass is 9.82. The van der Waals surface area contributed by atoms with Gasteiger partial charge in [-0.15, -0.1) is 11.3 Å². The van der Waals surface area contributed by atoms with Crippen LogP contribution >= 0.6 is 11.3 Å². The van der Waals surface area contributed by atoms with E-state index >= 15 is 0 Å². The van der Waals surface area contributed by atoms with E-state index in [1.807, 2.05) is 0 Å². The minimum atomic E-state index is -1.07. The predicted octanol–water partition coefficient (Wildman–Crippen LogP) is 2.26. The lowest BCUT2D eigenvalue weighted by Gasteiger charge is -2.36. The van der Waals surface area contributed by atoms with E-state index in [1.54, 1.807) is 5.38 Å². The molecular formula is C13H18N2O4S. The molecule has 0 spiro atoms. The highest BCUT2D eigenvalue weighted by Crippen LogP contribution is 2.28.